The topological polar surface area (TPSA) is 66.8 Å². The maximum absolute atomic E-state index is 13.0. The van der Waals surface area contributed by atoms with Crippen LogP contribution in [-0.4, -0.2) is 37.0 Å². The zero-order valence-electron chi connectivity index (χ0n) is 18.1. The number of esters is 2. The zero-order valence-corrected chi connectivity index (χ0v) is 18.1. The second-order valence-corrected chi connectivity index (χ2v) is 6.89. The Morgan fingerprint density at radius 1 is 0.710 bits per heavy atom. The van der Waals surface area contributed by atoms with Crippen molar-refractivity contribution in [1.29, 1.82) is 0 Å². The van der Waals surface area contributed by atoms with Gasteiger partial charge in [0, 0.05) is 12.8 Å². The van der Waals surface area contributed by atoms with Crippen LogP contribution in [0.2, 0.25) is 0 Å². The fraction of sp³-hybridized carbons (Fsp3) is 0.280. The quantitative estimate of drug-likeness (QED) is 0.487. The molecule has 0 aliphatic heterocycles. The lowest BCUT2D eigenvalue weighted by Crippen LogP contribution is -2.16. The van der Waals surface area contributed by atoms with Crippen LogP contribution >= 0.6 is 0 Å². The van der Waals surface area contributed by atoms with Crippen LogP contribution < -0.4 is 4.84 Å². The molecule has 0 radical (unpaired) electrons. The van der Waals surface area contributed by atoms with Crippen LogP contribution in [0.1, 0.15) is 57.1 Å². The summed E-state index contributed by atoms with van der Waals surface area (Å²) in [5.74, 6) is -1.14. The van der Waals surface area contributed by atoms with Gasteiger partial charge in [-0.3, -0.25) is 0 Å². The van der Waals surface area contributed by atoms with Gasteiger partial charge in [-0.1, -0.05) is 60.7 Å². The van der Waals surface area contributed by atoms with Crippen molar-refractivity contribution in [3.05, 3.63) is 94.3 Å². The van der Waals surface area contributed by atoms with Crippen LogP contribution in [-0.2, 0) is 22.3 Å². The molecule has 3 aromatic rings. The normalized spacial score (nSPS) is 10.5. The van der Waals surface area contributed by atoms with Gasteiger partial charge in [0.25, 0.3) is 0 Å². The smallest absolute Gasteiger partial charge is 0.341 e. The van der Waals surface area contributed by atoms with Crippen LogP contribution in [0.4, 0.5) is 0 Å². The van der Waals surface area contributed by atoms with Gasteiger partial charge in [0.15, 0.2) is 0 Å². The van der Waals surface area contributed by atoms with Crippen molar-refractivity contribution in [3.63, 3.8) is 0 Å². The van der Waals surface area contributed by atoms with Gasteiger partial charge < -0.3 is 14.3 Å². The molecule has 0 aliphatic carbocycles. The van der Waals surface area contributed by atoms with Gasteiger partial charge in [0.05, 0.1) is 35.7 Å². The van der Waals surface area contributed by atoms with Crippen molar-refractivity contribution in [2.24, 2.45) is 0 Å². The lowest BCUT2D eigenvalue weighted by molar-refractivity contribution is 0.0478. The first kappa shape index (κ1) is 22.2. The Morgan fingerprint density at radius 3 is 1.42 bits per heavy atom. The fourth-order valence-electron chi connectivity index (χ4n) is 3.62. The zero-order chi connectivity index (χ0) is 22.2. The summed E-state index contributed by atoms with van der Waals surface area (Å²) in [6, 6.07) is 19.4. The van der Waals surface area contributed by atoms with Gasteiger partial charge in [-0.05, 0) is 25.0 Å². The number of hydrogen-bond donors (Lipinski definition) is 0. The Kier molecular flexibility index (Phi) is 7.49. The van der Waals surface area contributed by atoms with Crippen molar-refractivity contribution in [3.8, 4) is 0 Å². The predicted molar refractivity (Wildman–Crippen MR) is 117 cm³/mol. The maximum atomic E-state index is 13.0. The van der Waals surface area contributed by atoms with E-state index in [0.717, 1.165) is 11.1 Å². The second kappa shape index (κ2) is 10.5. The van der Waals surface area contributed by atoms with E-state index >= 15 is 0 Å². The molecule has 0 amide bonds. The molecule has 0 atom stereocenters. The fourth-order valence-corrected chi connectivity index (χ4v) is 3.62. The minimum atomic E-state index is -0.568. The highest BCUT2D eigenvalue weighted by molar-refractivity contribution is 6.05. The Balaban J connectivity index is 2.24. The van der Waals surface area contributed by atoms with E-state index in [1.165, 1.54) is 7.11 Å². The molecule has 0 bridgehead atoms. The number of ether oxygens (including phenoxy) is 2. The van der Waals surface area contributed by atoms with E-state index in [1.807, 2.05) is 60.7 Å². The van der Waals surface area contributed by atoms with E-state index < -0.39 is 11.9 Å². The summed E-state index contributed by atoms with van der Waals surface area (Å²) in [5, 5.41) is 0. The van der Waals surface area contributed by atoms with Gasteiger partial charge in [0.2, 0.25) is 0 Å². The molecule has 1 aromatic heterocycles. The monoisotopic (exact) mass is 421 g/mol. The molecular weight excluding hydrogens is 394 g/mol. The third-order valence-corrected chi connectivity index (χ3v) is 4.89. The molecule has 0 saturated heterocycles. The summed E-state index contributed by atoms with van der Waals surface area (Å²) in [7, 11) is 1.52. The first-order chi connectivity index (χ1) is 15.1. The van der Waals surface area contributed by atoms with Crippen LogP contribution in [0.25, 0.3) is 0 Å². The number of benzene rings is 2. The van der Waals surface area contributed by atoms with Crippen molar-refractivity contribution in [2.75, 3.05) is 20.3 Å². The van der Waals surface area contributed by atoms with Gasteiger partial charge >= 0.3 is 11.9 Å². The molecule has 0 spiro atoms. The van der Waals surface area contributed by atoms with Crippen molar-refractivity contribution >= 4 is 11.9 Å². The molecule has 0 fully saturated rings. The van der Waals surface area contributed by atoms with E-state index in [0.29, 0.717) is 24.2 Å². The Bertz CT molecular complexity index is 944. The molecule has 2 aromatic carbocycles. The average Bonchev–Trinajstić information content (AvgIpc) is 3.08. The minimum absolute atomic E-state index is 0.192. The number of aromatic nitrogens is 1. The maximum Gasteiger partial charge on any atom is 0.341 e. The number of nitrogens with zero attached hydrogens (tertiary/aromatic N) is 1. The SMILES string of the molecule is CCOC(=O)c1c(C(=O)OCC)c(Cc2ccccc2)n(OC)c1Cc1ccccc1. The minimum Gasteiger partial charge on any atom is -0.462 e. The molecule has 31 heavy (non-hydrogen) atoms. The first-order valence-corrected chi connectivity index (χ1v) is 10.3. The predicted octanol–water partition coefficient (Wildman–Crippen LogP) is 4.08. The standard InChI is InChI=1S/C25H27NO5/c1-4-30-24(27)22-20(16-18-12-8-6-9-13-18)26(29-3)21(23(22)25(28)31-5-2)17-19-14-10-7-11-15-19/h6-15H,4-5,16-17H2,1-3H3. The second-order valence-electron chi connectivity index (χ2n) is 6.89. The Morgan fingerprint density at radius 2 is 1.10 bits per heavy atom. The first-order valence-electron chi connectivity index (χ1n) is 10.3. The highest BCUT2D eigenvalue weighted by Gasteiger charge is 2.33. The number of carbonyl (C=O) groups excluding carboxylic acids is 2. The molecule has 0 aliphatic rings. The van der Waals surface area contributed by atoms with Crippen molar-refractivity contribution < 1.29 is 23.9 Å². The largest absolute Gasteiger partial charge is 0.462 e. The van der Waals surface area contributed by atoms with Crippen LogP contribution in [0, 0.1) is 0 Å². The number of hydrogen-bond acceptors (Lipinski definition) is 5. The molecule has 3 rings (SSSR count). The average molecular weight is 421 g/mol. The molecule has 0 N–H and O–H groups in total. The molecule has 0 unspecified atom stereocenters. The Hall–Kier alpha value is -3.54. The molecule has 6 heteroatoms. The number of rotatable bonds is 9. The van der Waals surface area contributed by atoms with Crippen LogP contribution in [0.15, 0.2) is 60.7 Å². The lowest BCUT2D eigenvalue weighted by atomic mass is 10.0. The summed E-state index contributed by atoms with van der Waals surface area (Å²) in [4.78, 5) is 31.7. The van der Waals surface area contributed by atoms with Gasteiger partial charge in [-0.15, -0.1) is 0 Å². The van der Waals surface area contributed by atoms with Gasteiger partial charge in [0.1, 0.15) is 7.11 Å². The summed E-state index contributed by atoms with van der Waals surface area (Å²) in [5.41, 5.74) is 3.45. The van der Waals surface area contributed by atoms with Crippen molar-refractivity contribution in [1.82, 2.24) is 4.73 Å². The summed E-state index contributed by atoms with van der Waals surface area (Å²) in [6.45, 7) is 3.85. The van der Waals surface area contributed by atoms with Crippen molar-refractivity contribution in [2.45, 2.75) is 26.7 Å². The van der Waals surface area contributed by atoms with Gasteiger partial charge in [-0.2, -0.15) is 4.73 Å². The van der Waals surface area contributed by atoms with Gasteiger partial charge in [-0.25, -0.2) is 9.59 Å². The summed E-state index contributed by atoms with van der Waals surface area (Å²) < 4.78 is 12.2. The molecule has 1 heterocycles. The van der Waals surface area contributed by atoms with E-state index in [1.54, 1.807) is 18.6 Å². The highest BCUT2D eigenvalue weighted by atomic mass is 16.6. The molecule has 6 nitrogen and oxygen atoms in total. The number of carbonyl (C=O) groups is 2. The summed E-state index contributed by atoms with van der Waals surface area (Å²) >= 11 is 0. The third kappa shape index (κ3) is 4.97. The Labute approximate surface area is 182 Å². The molecule has 0 saturated carbocycles. The lowest BCUT2D eigenvalue weighted by Gasteiger charge is -2.13. The van der Waals surface area contributed by atoms with Crippen LogP contribution in [0.5, 0.6) is 0 Å². The van der Waals surface area contributed by atoms with E-state index in [4.69, 9.17) is 14.3 Å². The third-order valence-electron chi connectivity index (χ3n) is 4.89. The summed E-state index contributed by atoms with van der Waals surface area (Å²) in [6.07, 6.45) is 0.786. The van der Waals surface area contributed by atoms with E-state index in [-0.39, 0.29) is 24.3 Å². The van der Waals surface area contributed by atoms with E-state index in [9.17, 15) is 9.59 Å². The molecule has 162 valence electrons. The highest BCUT2D eigenvalue weighted by Crippen LogP contribution is 2.29. The van der Waals surface area contributed by atoms with E-state index in [2.05, 4.69) is 0 Å². The van der Waals surface area contributed by atoms with Crippen LogP contribution in [0.3, 0.4) is 0 Å². The molecular formula is C25H27NO5.